The van der Waals surface area contributed by atoms with Gasteiger partial charge in [0.1, 0.15) is 0 Å². The summed E-state index contributed by atoms with van der Waals surface area (Å²) >= 11 is 1.84. The molecular weight excluding hydrogens is 653 g/mol. The van der Waals surface area contributed by atoms with Gasteiger partial charge in [-0.15, -0.1) is 11.3 Å². The van der Waals surface area contributed by atoms with Crippen LogP contribution in [0.1, 0.15) is 0 Å². The fourth-order valence-electron chi connectivity index (χ4n) is 7.43. The predicted molar refractivity (Wildman–Crippen MR) is 220 cm³/mol. The van der Waals surface area contributed by atoms with Gasteiger partial charge in [-0.05, 0) is 77.4 Å². The third-order valence-corrected chi connectivity index (χ3v) is 11.0. The highest BCUT2D eigenvalue weighted by Crippen LogP contribution is 2.53. The first-order chi connectivity index (χ1) is 25.8. The molecular formula is C48H32N2OS. The lowest BCUT2D eigenvalue weighted by Crippen LogP contribution is -2.17. The van der Waals surface area contributed by atoms with E-state index in [1.54, 1.807) is 0 Å². The molecule has 0 saturated heterocycles. The standard InChI is InChI=1S/C48H32N2OS/c1-3-14-33(15-4-1)35-18-13-19-36(30-35)49(42-22-9-7-20-39(42)34-16-5-2-6-17-34)37-27-29-44-46(31-37)51-45-24-11-10-23-43(45)50(44)38-26-28-41-40-21-8-12-25-47(40)52-48(41)32-38/h1-32H. The summed E-state index contributed by atoms with van der Waals surface area (Å²) in [7, 11) is 0. The Morgan fingerprint density at radius 3 is 1.98 bits per heavy atom. The molecule has 2 heterocycles. The molecule has 0 fully saturated rings. The van der Waals surface area contributed by atoms with Crippen LogP contribution < -0.4 is 14.5 Å². The Hall–Kier alpha value is -6.62. The molecule has 1 aromatic heterocycles. The Morgan fingerprint density at radius 1 is 0.423 bits per heavy atom. The van der Waals surface area contributed by atoms with Crippen molar-refractivity contribution in [3.05, 3.63) is 194 Å². The van der Waals surface area contributed by atoms with Crippen LogP contribution in [0.25, 0.3) is 42.4 Å². The molecule has 0 radical (unpaired) electrons. The summed E-state index contributed by atoms with van der Waals surface area (Å²) < 4.78 is 9.34. The van der Waals surface area contributed by atoms with Gasteiger partial charge in [0.05, 0.1) is 22.7 Å². The number of hydrogen-bond acceptors (Lipinski definition) is 4. The van der Waals surface area contributed by atoms with Crippen LogP contribution in [-0.2, 0) is 0 Å². The summed E-state index contributed by atoms with van der Waals surface area (Å²) in [6, 6.07) is 69.0. The summed E-state index contributed by atoms with van der Waals surface area (Å²) in [5, 5.41) is 2.58. The largest absolute Gasteiger partial charge is 0.453 e. The highest BCUT2D eigenvalue weighted by Gasteiger charge is 2.28. The number of thiophene rings is 1. The van der Waals surface area contributed by atoms with Crippen LogP contribution in [0.4, 0.5) is 34.1 Å². The molecule has 0 saturated carbocycles. The summed E-state index contributed by atoms with van der Waals surface area (Å²) in [6.45, 7) is 0. The minimum Gasteiger partial charge on any atom is -0.453 e. The first kappa shape index (κ1) is 30.2. The minimum atomic E-state index is 0.800. The Labute approximate surface area is 306 Å². The lowest BCUT2D eigenvalue weighted by Gasteiger charge is -2.34. The number of ether oxygens (including phenoxy) is 1. The SMILES string of the molecule is c1ccc(-c2cccc(N(c3ccc4c(c3)Oc3ccccc3N4c3ccc4c(c3)sc3ccccc34)c3ccccc3-c3ccccc3)c2)cc1. The number of rotatable bonds is 6. The molecule has 1 aliphatic rings. The maximum atomic E-state index is 6.77. The van der Waals surface area contributed by atoms with Crippen LogP contribution in [0, 0.1) is 0 Å². The average molecular weight is 685 g/mol. The second-order valence-corrected chi connectivity index (χ2v) is 14.1. The lowest BCUT2D eigenvalue weighted by molar-refractivity contribution is 0.477. The summed E-state index contributed by atoms with van der Waals surface area (Å²) in [6.07, 6.45) is 0. The molecule has 1 aliphatic heterocycles. The van der Waals surface area contributed by atoms with Crippen molar-refractivity contribution >= 4 is 65.6 Å². The lowest BCUT2D eigenvalue weighted by atomic mass is 10.0. The molecule has 0 bridgehead atoms. The molecule has 0 atom stereocenters. The quantitative estimate of drug-likeness (QED) is 0.173. The predicted octanol–water partition coefficient (Wildman–Crippen LogP) is 14.4. The molecule has 10 rings (SSSR count). The van der Waals surface area contributed by atoms with E-state index in [1.165, 1.54) is 25.7 Å². The Kier molecular flexibility index (Phi) is 7.33. The van der Waals surface area contributed by atoms with Gasteiger partial charge < -0.3 is 14.5 Å². The summed E-state index contributed by atoms with van der Waals surface area (Å²) in [5.41, 5.74) is 10.9. The maximum Gasteiger partial charge on any atom is 0.153 e. The molecule has 0 N–H and O–H groups in total. The number of para-hydroxylation sites is 3. The highest BCUT2D eigenvalue weighted by atomic mass is 32.1. The van der Waals surface area contributed by atoms with E-state index in [-0.39, 0.29) is 0 Å². The van der Waals surface area contributed by atoms with Crippen molar-refractivity contribution in [3.63, 3.8) is 0 Å². The number of hydrogen-bond donors (Lipinski definition) is 0. The van der Waals surface area contributed by atoms with E-state index in [2.05, 4.69) is 198 Å². The number of fused-ring (bicyclic) bond motifs is 5. The fourth-order valence-corrected chi connectivity index (χ4v) is 8.57. The molecule has 4 heteroatoms. The van der Waals surface area contributed by atoms with Crippen LogP contribution in [0.2, 0.25) is 0 Å². The van der Waals surface area contributed by atoms with Crippen molar-refractivity contribution in [2.24, 2.45) is 0 Å². The molecule has 3 nitrogen and oxygen atoms in total. The van der Waals surface area contributed by atoms with Crippen LogP contribution in [0.3, 0.4) is 0 Å². The highest BCUT2D eigenvalue weighted by molar-refractivity contribution is 7.25. The van der Waals surface area contributed by atoms with E-state index in [9.17, 15) is 0 Å². The monoisotopic (exact) mass is 684 g/mol. The Bertz CT molecular complexity index is 2740. The molecule has 9 aromatic rings. The van der Waals surface area contributed by atoms with E-state index in [0.717, 1.165) is 62.3 Å². The van der Waals surface area contributed by atoms with Gasteiger partial charge in [0.2, 0.25) is 0 Å². The van der Waals surface area contributed by atoms with Gasteiger partial charge in [-0.25, -0.2) is 0 Å². The summed E-state index contributed by atoms with van der Waals surface area (Å²) in [5.74, 6) is 1.62. The van der Waals surface area contributed by atoms with Gasteiger partial charge in [-0.1, -0.05) is 127 Å². The topological polar surface area (TPSA) is 15.7 Å². The zero-order valence-electron chi connectivity index (χ0n) is 28.2. The smallest absolute Gasteiger partial charge is 0.153 e. The number of nitrogens with zero attached hydrogens (tertiary/aromatic N) is 2. The van der Waals surface area contributed by atoms with Crippen LogP contribution in [0.5, 0.6) is 11.5 Å². The third kappa shape index (κ3) is 5.20. The second kappa shape index (κ2) is 12.6. The van der Waals surface area contributed by atoms with Gasteiger partial charge in [-0.3, -0.25) is 0 Å². The maximum absolute atomic E-state index is 6.77. The number of anilines is 6. The van der Waals surface area contributed by atoms with Crippen LogP contribution >= 0.6 is 11.3 Å². The van der Waals surface area contributed by atoms with Gasteiger partial charge >= 0.3 is 0 Å². The van der Waals surface area contributed by atoms with E-state index in [1.807, 2.05) is 17.4 Å². The van der Waals surface area contributed by atoms with Gasteiger partial charge in [0.15, 0.2) is 11.5 Å². The molecule has 0 amide bonds. The van der Waals surface area contributed by atoms with E-state index in [0.29, 0.717) is 0 Å². The Morgan fingerprint density at radius 2 is 1.10 bits per heavy atom. The van der Waals surface area contributed by atoms with Crippen molar-refractivity contribution in [2.75, 3.05) is 9.80 Å². The fraction of sp³-hybridized carbons (Fsp3) is 0. The van der Waals surface area contributed by atoms with Crippen molar-refractivity contribution in [1.82, 2.24) is 0 Å². The van der Waals surface area contributed by atoms with E-state index >= 15 is 0 Å². The van der Waals surface area contributed by atoms with Crippen LogP contribution in [-0.4, -0.2) is 0 Å². The van der Waals surface area contributed by atoms with Gasteiger partial charge in [0, 0.05) is 43.2 Å². The molecule has 0 unspecified atom stereocenters. The molecule has 0 spiro atoms. The zero-order valence-corrected chi connectivity index (χ0v) is 29.0. The van der Waals surface area contributed by atoms with E-state index in [4.69, 9.17) is 4.74 Å². The second-order valence-electron chi connectivity index (χ2n) is 13.0. The molecule has 52 heavy (non-hydrogen) atoms. The molecule has 0 aliphatic carbocycles. The minimum absolute atomic E-state index is 0.800. The first-order valence-corrected chi connectivity index (χ1v) is 18.3. The van der Waals surface area contributed by atoms with Crippen molar-refractivity contribution in [2.45, 2.75) is 0 Å². The van der Waals surface area contributed by atoms with Crippen molar-refractivity contribution in [3.8, 4) is 33.8 Å². The average Bonchev–Trinajstić information content (AvgIpc) is 3.59. The normalized spacial score (nSPS) is 12.0. The van der Waals surface area contributed by atoms with Crippen molar-refractivity contribution in [1.29, 1.82) is 0 Å². The van der Waals surface area contributed by atoms with Crippen molar-refractivity contribution < 1.29 is 4.74 Å². The third-order valence-electron chi connectivity index (χ3n) is 9.83. The molecule has 246 valence electrons. The number of benzene rings is 8. The first-order valence-electron chi connectivity index (χ1n) is 17.5. The van der Waals surface area contributed by atoms with Gasteiger partial charge in [-0.2, -0.15) is 0 Å². The summed E-state index contributed by atoms with van der Waals surface area (Å²) in [4.78, 5) is 4.69. The zero-order chi connectivity index (χ0) is 34.4. The van der Waals surface area contributed by atoms with Crippen LogP contribution in [0.15, 0.2) is 194 Å². The van der Waals surface area contributed by atoms with Gasteiger partial charge in [0.25, 0.3) is 0 Å². The molecule has 8 aromatic carbocycles. The van der Waals surface area contributed by atoms with E-state index < -0.39 is 0 Å². The Balaban J connectivity index is 1.15.